The van der Waals surface area contributed by atoms with Crippen LogP contribution in [0.25, 0.3) is 0 Å². The number of aryl methyl sites for hydroxylation is 3. The van der Waals surface area contributed by atoms with Crippen LogP contribution in [0.5, 0.6) is 0 Å². The number of aliphatic imine (C=N–C) groups is 1. The summed E-state index contributed by atoms with van der Waals surface area (Å²) in [7, 11) is 1.94. The highest BCUT2D eigenvalue weighted by Gasteiger charge is 2.07. The molecular formula is C15H24IN7S. The summed E-state index contributed by atoms with van der Waals surface area (Å²) in [5.74, 6) is 2.42. The number of guanidine groups is 1. The van der Waals surface area contributed by atoms with Crippen LogP contribution in [0.15, 0.2) is 17.6 Å². The quantitative estimate of drug-likeness (QED) is 0.299. The lowest BCUT2D eigenvalue weighted by atomic mass is 10.4. The lowest BCUT2D eigenvalue weighted by Gasteiger charge is -2.10. The largest absolute Gasteiger partial charge is 0.353 e. The highest BCUT2D eigenvalue weighted by atomic mass is 127. The molecule has 24 heavy (non-hydrogen) atoms. The summed E-state index contributed by atoms with van der Waals surface area (Å²) in [6.07, 6.45) is 1.80. The van der Waals surface area contributed by atoms with Gasteiger partial charge in [-0.15, -0.1) is 52.1 Å². The van der Waals surface area contributed by atoms with Crippen LogP contribution in [0.4, 0.5) is 0 Å². The molecule has 9 heteroatoms. The molecule has 2 aromatic heterocycles. The van der Waals surface area contributed by atoms with Gasteiger partial charge in [0.1, 0.15) is 12.4 Å². The van der Waals surface area contributed by atoms with Crippen molar-refractivity contribution < 1.29 is 0 Å². The van der Waals surface area contributed by atoms with Crippen LogP contribution in [0.2, 0.25) is 0 Å². The summed E-state index contributed by atoms with van der Waals surface area (Å²) in [6, 6.07) is 0. The van der Waals surface area contributed by atoms with Crippen molar-refractivity contribution in [3.05, 3.63) is 39.9 Å². The first-order chi connectivity index (χ1) is 11.0. The highest BCUT2D eigenvalue weighted by molar-refractivity contribution is 14.0. The van der Waals surface area contributed by atoms with E-state index in [-0.39, 0.29) is 24.0 Å². The molecule has 0 fully saturated rings. The Morgan fingerprint density at radius 3 is 2.58 bits per heavy atom. The maximum atomic E-state index is 4.56. The third kappa shape index (κ3) is 5.55. The minimum Gasteiger partial charge on any atom is -0.353 e. The second-order valence-electron chi connectivity index (χ2n) is 5.15. The maximum Gasteiger partial charge on any atom is 0.192 e. The zero-order chi connectivity index (χ0) is 16.8. The van der Waals surface area contributed by atoms with E-state index in [1.165, 1.54) is 4.88 Å². The number of thiazole rings is 1. The topological polar surface area (TPSA) is 80.0 Å². The van der Waals surface area contributed by atoms with Crippen LogP contribution in [0.1, 0.15) is 27.2 Å². The van der Waals surface area contributed by atoms with E-state index in [9.17, 15) is 0 Å². The van der Waals surface area contributed by atoms with Gasteiger partial charge in [0.15, 0.2) is 11.8 Å². The van der Waals surface area contributed by atoms with Crippen molar-refractivity contribution in [2.45, 2.75) is 33.9 Å². The van der Waals surface area contributed by atoms with E-state index in [0.29, 0.717) is 19.6 Å². The van der Waals surface area contributed by atoms with Crippen molar-refractivity contribution in [1.29, 1.82) is 0 Å². The fourth-order valence-electron chi connectivity index (χ4n) is 1.98. The number of rotatable bonds is 6. The number of hydrogen-bond donors (Lipinski definition) is 2. The van der Waals surface area contributed by atoms with Crippen LogP contribution in [0, 0.1) is 20.8 Å². The van der Waals surface area contributed by atoms with E-state index in [1.807, 2.05) is 32.4 Å². The van der Waals surface area contributed by atoms with E-state index in [2.05, 4.69) is 37.4 Å². The molecule has 0 spiro atoms. The van der Waals surface area contributed by atoms with Gasteiger partial charge in [-0.1, -0.05) is 6.08 Å². The molecule has 0 saturated heterocycles. The van der Waals surface area contributed by atoms with Crippen molar-refractivity contribution in [3.8, 4) is 0 Å². The first kappa shape index (κ1) is 20.6. The second kappa shape index (κ2) is 9.72. The molecule has 0 unspecified atom stereocenters. The van der Waals surface area contributed by atoms with Crippen molar-refractivity contribution in [2.24, 2.45) is 12.0 Å². The first-order valence-corrected chi connectivity index (χ1v) is 8.23. The smallest absolute Gasteiger partial charge is 0.192 e. The van der Waals surface area contributed by atoms with Crippen molar-refractivity contribution >= 4 is 41.3 Å². The van der Waals surface area contributed by atoms with E-state index >= 15 is 0 Å². The van der Waals surface area contributed by atoms with E-state index in [4.69, 9.17) is 0 Å². The van der Waals surface area contributed by atoms with Gasteiger partial charge in [0, 0.05) is 18.5 Å². The first-order valence-electron chi connectivity index (χ1n) is 7.42. The van der Waals surface area contributed by atoms with Gasteiger partial charge in [-0.25, -0.2) is 9.98 Å². The molecule has 7 nitrogen and oxygen atoms in total. The van der Waals surface area contributed by atoms with Crippen molar-refractivity contribution in [1.82, 2.24) is 30.4 Å². The Bertz CT molecular complexity index is 705. The molecule has 132 valence electrons. The average molecular weight is 461 g/mol. The molecule has 0 atom stereocenters. The Labute approximate surface area is 163 Å². The molecule has 2 heterocycles. The third-order valence-electron chi connectivity index (χ3n) is 3.39. The number of nitrogens with zero attached hydrogens (tertiary/aromatic N) is 5. The van der Waals surface area contributed by atoms with E-state index in [0.717, 1.165) is 28.3 Å². The summed E-state index contributed by atoms with van der Waals surface area (Å²) in [4.78, 5) is 10.2. The maximum absolute atomic E-state index is 4.56. The SMILES string of the molecule is C=CCNC(=NCc1nnc(C)n1C)NCc1sc(C)nc1C.I. The number of aromatic nitrogens is 4. The monoisotopic (exact) mass is 461 g/mol. The lowest BCUT2D eigenvalue weighted by Crippen LogP contribution is -2.37. The fourth-order valence-corrected chi connectivity index (χ4v) is 2.86. The number of nitrogens with one attached hydrogen (secondary N) is 2. The summed E-state index contributed by atoms with van der Waals surface area (Å²) in [5, 5.41) is 15.8. The Balaban J connectivity index is 0.00000288. The molecule has 0 amide bonds. The van der Waals surface area contributed by atoms with Gasteiger partial charge in [0.2, 0.25) is 0 Å². The Morgan fingerprint density at radius 1 is 1.29 bits per heavy atom. The molecule has 2 rings (SSSR count). The van der Waals surface area contributed by atoms with Gasteiger partial charge in [-0.3, -0.25) is 0 Å². The normalized spacial score (nSPS) is 11.1. The molecule has 2 aromatic rings. The van der Waals surface area contributed by atoms with Crippen LogP contribution < -0.4 is 10.6 Å². The van der Waals surface area contributed by atoms with Crippen LogP contribution in [0.3, 0.4) is 0 Å². The molecule has 0 bridgehead atoms. The van der Waals surface area contributed by atoms with Gasteiger partial charge in [0.05, 0.1) is 17.2 Å². The Kier molecular flexibility index (Phi) is 8.32. The average Bonchev–Trinajstić information content (AvgIpc) is 3.01. The zero-order valence-corrected chi connectivity index (χ0v) is 17.6. The summed E-state index contributed by atoms with van der Waals surface area (Å²) in [6.45, 7) is 11.5. The summed E-state index contributed by atoms with van der Waals surface area (Å²) < 4.78 is 1.94. The van der Waals surface area contributed by atoms with Crippen LogP contribution in [-0.2, 0) is 20.1 Å². The number of hydrogen-bond acceptors (Lipinski definition) is 5. The van der Waals surface area contributed by atoms with Crippen LogP contribution >= 0.6 is 35.3 Å². The van der Waals surface area contributed by atoms with Gasteiger partial charge >= 0.3 is 0 Å². The minimum atomic E-state index is 0. The molecule has 0 saturated carbocycles. The molecule has 0 aliphatic heterocycles. The standard InChI is InChI=1S/C15H23N7S.HI/c1-6-7-16-15(17-8-13-10(2)19-12(4)23-13)18-9-14-21-20-11(3)22(14)5;/h6H,1,7-9H2,2-5H3,(H2,16,17,18);1H. The fraction of sp³-hybridized carbons (Fsp3) is 0.467. The molecule has 0 aromatic carbocycles. The second-order valence-corrected chi connectivity index (χ2v) is 6.44. The predicted molar refractivity (Wildman–Crippen MR) is 109 cm³/mol. The summed E-state index contributed by atoms with van der Waals surface area (Å²) in [5.41, 5.74) is 1.06. The zero-order valence-electron chi connectivity index (χ0n) is 14.5. The van der Waals surface area contributed by atoms with Gasteiger partial charge in [0.25, 0.3) is 0 Å². The van der Waals surface area contributed by atoms with Gasteiger partial charge in [-0.05, 0) is 20.8 Å². The van der Waals surface area contributed by atoms with E-state index < -0.39 is 0 Å². The molecule has 2 N–H and O–H groups in total. The molecule has 0 aliphatic carbocycles. The van der Waals surface area contributed by atoms with Crippen molar-refractivity contribution in [2.75, 3.05) is 6.54 Å². The van der Waals surface area contributed by atoms with Gasteiger partial charge < -0.3 is 15.2 Å². The lowest BCUT2D eigenvalue weighted by molar-refractivity contribution is 0.760. The summed E-state index contributed by atoms with van der Waals surface area (Å²) >= 11 is 1.70. The number of halogens is 1. The Morgan fingerprint density at radius 2 is 2.04 bits per heavy atom. The van der Waals surface area contributed by atoms with Crippen molar-refractivity contribution in [3.63, 3.8) is 0 Å². The third-order valence-corrected chi connectivity index (χ3v) is 4.46. The van der Waals surface area contributed by atoms with E-state index in [1.54, 1.807) is 17.4 Å². The Hall–Kier alpha value is -1.49. The molecule has 0 radical (unpaired) electrons. The minimum absolute atomic E-state index is 0. The highest BCUT2D eigenvalue weighted by Crippen LogP contribution is 2.16. The predicted octanol–water partition coefficient (Wildman–Crippen LogP) is 2.24. The molecule has 0 aliphatic rings. The van der Waals surface area contributed by atoms with Gasteiger partial charge in [-0.2, -0.15) is 0 Å². The van der Waals surface area contributed by atoms with Crippen LogP contribution in [-0.4, -0.2) is 32.3 Å². The molecular weight excluding hydrogens is 437 g/mol.